The lowest BCUT2D eigenvalue weighted by atomic mass is 10.5. The molecule has 0 saturated carbocycles. The summed E-state index contributed by atoms with van der Waals surface area (Å²) in [6.07, 6.45) is -1.51. The van der Waals surface area contributed by atoms with Crippen molar-refractivity contribution in [1.29, 1.82) is 0 Å². The first kappa shape index (κ1) is 11.1. The molecule has 5 heteroatoms. The highest BCUT2D eigenvalue weighted by Crippen LogP contribution is 1.95. The summed E-state index contributed by atoms with van der Waals surface area (Å²) in [5.74, 6) is 0.178. The molecule has 0 aromatic heterocycles. The van der Waals surface area contributed by atoms with Crippen LogP contribution in [0, 0.1) is 0 Å². The Balaban J connectivity index is 3.82. The van der Waals surface area contributed by atoms with E-state index in [9.17, 15) is 8.78 Å². The van der Waals surface area contributed by atoms with Gasteiger partial charge in [0.2, 0.25) is 0 Å². The Morgan fingerprint density at radius 2 is 2.17 bits per heavy atom. The largest absolute Gasteiger partial charge is 0.370 e. The third-order valence-electron chi connectivity index (χ3n) is 1.30. The fraction of sp³-hybridized carbons (Fsp3) is 0.857. The van der Waals surface area contributed by atoms with Crippen LogP contribution < -0.4 is 5.73 Å². The minimum Gasteiger partial charge on any atom is -0.370 e. The van der Waals surface area contributed by atoms with Crippen LogP contribution in [-0.4, -0.2) is 37.4 Å². The van der Waals surface area contributed by atoms with Gasteiger partial charge in [-0.1, -0.05) is 6.92 Å². The number of hydrogen-bond acceptors (Lipinski definition) is 1. The third kappa shape index (κ3) is 4.87. The van der Waals surface area contributed by atoms with Gasteiger partial charge in [0.05, 0.1) is 6.54 Å². The second kappa shape index (κ2) is 5.74. The van der Waals surface area contributed by atoms with Crippen molar-refractivity contribution < 1.29 is 8.78 Å². The van der Waals surface area contributed by atoms with Crippen molar-refractivity contribution in [2.75, 3.05) is 20.1 Å². The summed E-state index contributed by atoms with van der Waals surface area (Å²) in [4.78, 5) is 5.13. The van der Waals surface area contributed by atoms with Crippen LogP contribution in [0.3, 0.4) is 0 Å². The zero-order valence-corrected chi connectivity index (χ0v) is 7.43. The molecule has 0 amide bonds. The van der Waals surface area contributed by atoms with Crippen LogP contribution in [-0.2, 0) is 0 Å². The SMILES string of the molecule is CCCN=C(N)N(C)CC(F)F. The zero-order chi connectivity index (χ0) is 9.56. The maximum absolute atomic E-state index is 11.8. The highest BCUT2D eigenvalue weighted by Gasteiger charge is 2.08. The molecular weight excluding hydrogens is 164 g/mol. The molecule has 3 nitrogen and oxygen atoms in total. The van der Waals surface area contributed by atoms with E-state index in [1.807, 2.05) is 6.92 Å². The van der Waals surface area contributed by atoms with E-state index in [1.54, 1.807) is 0 Å². The molecule has 0 spiro atoms. The van der Waals surface area contributed by atoms with Gasteiger partial charge >= 0.3 is 0 Å². The molecule has 0 radical (unpaired) electrons. The Morgan fingerprint density at radius 1 is 1.58 bits per heavy atom. The minimum atomic E-state index is -2.37. The summed E-state index contributed by atoms with van der Waals surface area (Å²) in [7, 11) is 1.50. The number of aliphatic imine (C=N–C) groups is 1. The van der Waals surface area contributed by atoms with Crippen LogP contribution in [0.15, 0.2) is 4.99 Å². The number of nitrogens with zero attached hydrogens (tertiary/aromatic N) is 2. The maximum Gasteiger partial charge on any atom is 0.255 e. The zero-order valence-electron chi connectivity index (χ0n) is 7.43. The first-order valence-corrected chi connectivity index (χ1v) is 3.87. The fourth-order valence-corrected chi connectivity index (χ4v) is 0.648. The second-order valence-electron chi connectivity index (χ2n) is 2.51. The molecule has 12 heavy (non-hydrogen) atoms. The standard InChI is InChI=1S/C7H15F2N3/c1-3-4-11-7(10)12(2)5-6(8)9/h6H,3-5H2,1-2H3,(H2,10,11). The molecule has 0 rings (SSSR count). The number of hydrogen-bond donors (Lipinski definition) is 1. The van der Waals surface area contributed by atoms with Crippen molar-refractivity contribution in [3.05, 3.63) is 0 Å². The van der Waals surface area contributed by atoms with Gasteiger partial charge in [-0.05, 0) is 6.42 Å². The van der Waals surface area contributed by atoms with E-state index in [0.29, 0.717) is 6.54 Å². The van der Waals surface area contributed by atoms with Gasteiger partial charge < -0.3 is 10.6 Å². The van der Waals surface area contributed by atoms with Crippen LogP contribution in [0.2, 0.25) is 0 Å². The molecule has 0 aromatic rings. The van der Waals surface area contributed by atoms with E-state index in [2.05, 4.69) is 4.99 Å². The highest BCUT2D eigenvalue weighted by atomic mass is 19.3. The molecular formula is C7H15F2N3. The molecule has 0 fully saturated rings. The smallest absolute Gasteiger partial charge is 0.255 e. The van der Waals surface area contributed by atoms with Gasteiger partial charge in [-0.15, -0.1) is 0 Å². The first-order valence-electron chi connectivity index (χ1n) is 3.87. The maximum atomic E-state index is 11.8. The molecule has 0 saturated heterocycles. The summed E-state index contributed by atoms with van der Waals surface area (Å²) >= 11 is 0. The summed E-state index contributed by atoms with van der Waals surface area (Å²) in [6.45, 7) is 2.17. The van der Waals surface area contributed by atoms with E-state index in [0.717, 1.165) is 6.42 Å². The monoisotopic (exact) mass is 179 g/mol. The van der Waals surface area contributed by atoms with Gasteiger partial charge in [0.25, 0.3) is 6.43 Å². The van der Waals surface area contributed by atoms with E-state index in [4.69, 9.17) is 5.73 Å². The number of nitrogens with two attached hydrogens (primary N) is 1. The number of guanidine groups is 1. The summed E-state index contributed by atoms with van der Waals surface area (Å²) < 4.78 is 23.6. The second-order valence-corrected chi connectivity index (χ2v) is 2.51. The minimum absolute atomic E-state index is 0.178. The summed E-state index contributed by atoms with van der Waals surface area (Å²) in [5.41, 5.74) is 5.39. The van der Waals surface area contributed by atoms with Crippen LogP contribution >= 0.6 is 0 Å². The number of rotatable bonds is 4. The molecule has 0 unspecified atom stereocenters. The third-order valence-corrected chi connectivity index (χ3v) is 1.30. The Kier molecular flexibility index (Phi) is 5.32. The van der Waals surface area contributed by atoms with E-state index >= 15 is 0 Å². The Bertz CT molecular complexity index is 148. The van der Waals surface area contributed by atoms with Crippen molar-refractivity contribution in [2.24, 2.45) is 10.7 Å². The van der Waals surface area contributed by atoms with Gasteiger partial charge in [0, 0.05) is 13.6 Å². The van der Waals surface area contributed by atoms with E-state index in [-0.39, 0.29) is 12.5 Å². The number of halogens is 2. The average Bonchev–Trinajstić information content (AvgIpc) is 1.98. The molecule has 72 valence electrons. The first-order chi connectivity index (χ1) is 5.57. The molecule has 2 N–H and O–H groups in total. The average molecular weight is 179 g/mol. The van der Waals surface area contributed by atoms with Crippen LogP contribution in [0.4, 0.5) is 8.78 Å². The molecule has 0 aliphatic rings. The molecule has 0 heterocycles. The topological polar surface area (TPSA) is 41.6 Å². The predicted molar refractivity (Wildman–Crippen MR) is 45.4 cm³/mol. The Labute approximate surface area is 71.3 Å². The highest BCUT2D eigenvalue weighted by molar-refractivity contribution is 5.77. The molecule has 0 bridgehead atoms. The molecule has 0 aromatic carbocycles. The lowest BCUT2D eigenvalue weighted by molar-refractivity contribution is 0.123. The molecule has 0 aliphatic carbocycles. The number of alkyl halides is 2. The van der Waals surface area contributed by atoms with Crippen molar-refractivity contribution in [2.45, 2.75) is 19.8 Å². The van der Waals surface area contributed by atoms with E-state index in [1.165, 1.54) is 11.9 Å². The van der Waals surface area contributed by atoms with Crippen LogP contribution in [0.5, 0.6) is 0 Å². The van der Waals surface area contributed by atoms with Gasteiger partial charge in [-0.25, -0.2) is 8.78 Å². The fourth-order valence-electron chi connectivity index (χ4n) is 0.648. The van der Waals surface area contributed by atoms with Gasteiger partial charge in [-0.3, -0.25) is 4.99 Å². The van der Waals surface area contributed by atoms with Gasteiger partial charge in [0.1, 0.15) is 0 Å². The molecule has 0 aliphatic heterocycles. The van der Waals surface area contributed by atoms with Crippen molar-refractivity contribution in [3.63, 3.8) is 0 Å². The normalized spacial score (nSPS) is 12.2. The Hall–Kier alpha value is -0.870. The van der Waals surface area contributed by atoms with Crippen LogP contribution in [0.25, 0.3) is 0 Å². The summed E-state index contributed by atoms with van der Waals surface area (Å²) in [5, 5.41) is 0. The Morgan fingerprint density at radius 3 is 2.58 bits per heavy atom. The van der Waals surface area contributed by atoms with Gasteiger partial charge in [-0.2, -0.15) is 0 Å². The van der Waals surface area contributed by atoms with Gasteiger partial charge in [0.15, 0.2) is 5.96 Å². The van der Waals surface area contributed by atoms with Crippen molar-refractivity contribution >= 4 is 5.96 Å². The van der Waals surface area contributed by atoms with Crippen molar-refractivity contribution in [3.8, 4) is 0 Å². The predicted octanol–water partition coefficient (Wildman–Crippen LogP) is 0.908. The lowest BCUT2D eigenvalue weighted by Crippen LogP contribution is -2.37. The molecule has 0 atom stereocenters. The summed E-state index contributed by atoms with van der Waals surface area (Å²) in [6, 6.07) is 0. The quantitative estimate of drug-likeness (QED) is 0.514. The van der Waals surface area contributed by atoms with Crippen LogP contribution in [0.1, 0.15) is 13.3 Å². The van der Waals surface area contributed by atoms with Crippen molar-refractivity contribution in [1.82, 2.24) is 4.90 Å². The lowest BCUT2D eigenvalue weighted by Gasteiger charge is -2.16. The van der Waals surface area contributed by atoms with E-state index < -0.39 is 6.43 Å².